The normalized spacial score (nSPS) is 10.2. The SMILES string of the molecule is Cn1cnc(C(=O)Cc2ccccc2)c1. The number of aromatic nitrogens is 2. The summed E-state index contributed by atoms with van der Waals surface area (Å²) < 4.78 is 1.78. The van der Waals surface area contributed by atoms with Crippen molar-refractivity contribution in [3.05, 3.63) is 54.1 Å². The van der Waals surface area contributed by atoms with Crippen LogP contribution in [-0.4, -0.2) is 15.3 Å². The number of ketones is 1. The maximum Gasteiger partial charge on any atom is 0.187 e. The van der Waals surface area contributed by atoms with Gasteiger partial charge in [-0.1, -0.05) is 30.3 Å². The van der Waals surface area contributed by atoms with Gasteiger partial charge in [-0.25, -0.2) is 4.98 Å². The number of rotatable bonds is 3. The first-order valence-electron chi connectivity index (χ1n) is 4.81. The van der Waals surface area contributed by atoms with Crippen molar-refractivity contribution in [2.45, 2.75) is 6.42 Å². The third kappa shape index (κ3) is 2.31. The van der Waals surface area contributed by atoms with Crippen LogP contribution in [0.4, 0.5) is 0 Å². The van der Waals surface area contributed by atoms with Crippen LogP contribution in [0.25, 0.3) is 0 Å². The fourth-order valence-electron chi connectivity index (χ4n) is 1.43. The Labute approximate surface area is 88.4 Å². The Morgan fingerprint density at radius 1 is 1.33 bits per heavy atom. The average Bonchev–Trinajstić information content (AvgIpc) is 2.66. The largest absolute Gasteiger partial charge is 0.340 e. The molecule has 1 heterocycles. The van der Waals surface area contributed by atoms with Gasteiger partial charge in [-0.2, -0.15) is 0 Å². The topological polar surface area (TPSA) is 34.9 Å². The van der Waals surface area contributed by atoms with Crippen molar-refractivity contribution < 1.29 is 4.79 Å². The van der Waals surface area contributed by atoms with Gasteiger partial charge in [0.1, 0.15) is 5.69 Å². The Morgan fingerprint density at radius 3 is 2.67 bits per heavy atom. The molecule has 0 radical (unpaired) electrons. The minimum absolute atomic E-state index is 0.0572. The molecule has 0 aliphatic rings. The lowest BCUT2D eigenvalue weighted by Gasteiger charge is -1.97. The fraction of sp³-hybridized carbons (Fsp3) is 0.167. The fourth-order valence-corrected chi connectivity index (χ4v) is 1.43. The Bertz CT molecular complexity index is 459. The highest BCUT2D eigenvalue weighted by Crippen LogP contribution is 2.05. The third-order valence-corrected chi connectivity index (χ3v) is 2.20. The lowest BCUT2D eigenvalue weighted by molar-refractivity contribution is 0.0988. The summed E-state index contributed by atoms with van der Waals surface area (Å²) >= 11 is 0. The molecule has 0 spiro atoms. The molecule has 3 nitrogen and oxygen atoms in total. The molecule has 0 saturated carbocycles. The Morgan fingerprint density at radius 2 is 2.07 bits per heavy atom. The first kappa shape index (κ1) is 9.65. The maximum absolute atomic E-state index is 11.8. The van der Waals surface area contributed by atoms with Crippen molar-refractivity contribution >= 4 is 5.78 Å². The molecule has 2 aromatic rings. The summed E-state index contributed by atoms with van der Waals surface area (Å²) in [5.74, 6) is 0.0572. The van der Waals surface area contributed by atoms with E-state index < -0.39 is 0 Å². The van der Waals surface area contributed by atoms with E-state index in [1.807, 2.05) is 37.4 Å². The van der Waals surface area contributed by atoms with Gasteiger partial charge in [0, 0.05) is 19.7 Å². The summed E-state index contributed by atoms with van der Waals surface area (Å²) in [4.78, 5) is 15.8. The zero-order chi connectivity index (χ0) is 10.7. The molecule has 0 aliphatic carbocycles. The number of nitrogens with zero attached hydrogens (tertiary/aromatic N) is 2. The molecule has 0 N–H and O–H groups in total. The van der Waals surface area contributed by atoms with E-state index >= 15 is 0 Å². The molecule has 1 aromatic heterocycles. The van der Waals surface area contributed by atoms with Gasteiger partial charge in [-0.05, 0) is 5.56 Å². The molecular weight excluding hydrogens is 188 g/mol. The van der Waals surface area contributed by atoms with Crippen LogP contribution < -0.4 is 0 Å². The molecule has 0 fully saturated rings. The number of hydrogen-bond donors (Lipinski definition) is 0. The molecule has 3 heteroatoms. The number of imidazole rings is 1. The third-order valence-electron chi connectivity index (χ3n) is 2.20. The Kier molecular flexibility index (Phi) is 2.63. The van der Waals surface area contributed by atoms with E-state index in [9.17, 15) is 4.79 Å². The predicted molar refractivity (Wildman–Crippen MR) is 57.7 cm³/mol. The summed E-state index contributed by atoms with van der Waals surface area (Å²) in [6, 6.07) is 9.69. The molecule has 0 unspecified atom stereocenters. The van der Waals surface area contributed by atoms with E-state index in [1.165, 1.54) is 0 Å². The van der Waals surface area contributed by atoms with Gasteiger partial charge < -0.3 is 4.57 Å². The van der Waals surface area contributed by atoms with E-state index in [4.69, 9.17) is 0 Å². The van der Waals surface area contributed by atoms with Crippen LogP contribution in [0.5, 0.6) is 0 Å². The minimum Gasteiger partial charge on any atom is -0.340 e. The van der Waals surface area contributed by atoms with Gasteiger partial charge in [0.05, 0.1) is 6.33 Å². The monoisotopic (exact) mass is 200 g/mol. The summed E-state index contributed by atoms with van der Waals surface area (Å²) in [7, 11) is 1.85. The standard InChI is InChI=1S/C12H12N2O/c1-14-8-11(13-9-14)12(15)7-10-5-3-2-4-6-10/h2-6,8-9H,7H2,1H3. The number of hydrogen-bond acceptors (Lipinski definition) is 2. The zero-order valence-electron chi connectivity index (χ0n) is 8.55. The Balaban J connectivity index is 2.11. The van der Waals surface area contributed by atoms with Crippen LogP contribution in [0.3, 0.4) is 0 Å². The number of carbonyl (C=O) groups is 1. The minimum atomic E-state index is 0.0572. The van der Waals surface area contributed by atoms with Crippen LogP contribution in [0, 0.1) is 0 Å². The van der Waals surface area contributed by atoms with Gasteiger partial charge in [0.15, 0.2) is 5.78 Å². The van der Waals surface area contributed by atoms with Crippen molar-refractivity contribution in [3.63, 3.8) is 0 Å². The van der Waals surface area contributed by atoms with E-state index in [-0.39, 0.29) is 5.78 Å². The summed E-state index contributed by atoms with van der Waals surface area (Å²) in [5.41, 5.74) is 1.55. The molecule has 15 heavy (non-hydrogen) atoms. The van der Waals surface area contributed by atoms with Crippen LogP contribution in [0.15, 0.2) is 42.9 Å². The molecule has 1 aromatic carbocycles. The molecule has 2 rings (SSSR count). The molecule has 76 valence electrons. The quantitative estimate of drug-likeness (QED) is 0.709. The van der Waals surface area contributed by atoms with E-state index in [2.05, 4.69) is 4.98 Å². The van der Waals surface area contributed by atoms with E-state index in [1.54, 1.807) is 17.1 Å². The van der Waals surface area contributed by atoms with Crippen LogP contribution in [0.2, 0.25) is 0 Å². The van der Waals surface area contributed by atoms with Crippen molar-refractivity contribution in [2.24, 2.45) is 7.05 Å². The highest BCUT2D eigenvalue weighted by atomic mass is 16.1. The first-order chi connectivity index (χ1) is 7.25. The van der Waals surface area contributed by atoms with Crippen LogP contribution >= 0.6 is 0 Å². The number of benzene rings is 1. The number of carbonyl (C=O) groups excluding carboxylic acids is 1. The number of aryl methyl sites for hydroxylation is 1. The van der Waals surface area contributed by atoms with Crippen molar-refractivity contribution in [1.82, 2.24) is 9.55 Å². The second-order valence-corrected chi connectivity index (χ2v) is 3.51. The molecule has 0 bridgehead atoms. The van der Waals surface area contributed by atoms with E-state index in [0.29, 0.717) is 12.1 Å². The lowest BCUT2D eigenvalue weighted by Crippen LogP contribution is -2.03. The molecule has 0 aliphatic heterocycles. The zero-order valence-corrected chi connectivity index (χ0v) is 8.55. The van der Waals surface area contributed by atoms with Gasteiger partial charge >= 0.3 is 0 Å². The van der Waals surface area contributed by atoms with Gasteiger partial charge in [0.2, 0.25) is 0 Å². The maximum atomic E-state index is 11.8. The average molecular weight is 200 g/mol. The van der Waals surface area contributed by atoms with Crippen molar-refractivity contribution in [3.8, 4) is 0 Å². The number of Topliss-reactive ketones (excluding diaryl/α,β-unsaturated/α-hetero) is 1. The Hall–Kier alpha value is -1.90. The van der Waals surface area contributed by atoms with Gasteiger partial charge in [-0.3, -0.25) is 4.79 Å². The highest BCUT2D eigenvalue weighted by Gasteiger charge is 2.08. The molecule has 0 amide bonds. The van der Waals surface area contributed by atoms with E-state index in [0.717, 1.165) is 5.56 Å². The van der Waals surface area contributed by atoms with Crippen molar-refractivity contribution in [1.29, 1.82) is 0 Å². The smallest absolute Gasteiger partial charge is 0.187 e. The van der Waals surface area contributed by atoms with Gasteiger partial charge in [0.25, 0.3) is 0 Å². The second-order valence-electron chi connectivity index (χ2n) is 3.51. The lowest BCUT2D eigenvalue weighted by atomic mass is 10.1. The van der Waals surface area contributed by atoms with Crippen molar-refractivity contribution in [2.75, 3.05) is 0 Å². The van der Waals surface area contributed by atoms with Crippen LogP contribution in [-0.2, 0) is 13.5 Å². The molecule has 0 atom stereocenters. The molecular formula is C12H12N2O. The van der Waals surface area contributed by atoms with Gasteiger partial charge in [-0.15, -0.1) is 0 Å². The summed E-state index contributed by atoms with van der Waals surface area (Å²) in [6.07, 6.45) is 3.79. The molecule has 0 saturated heterocycles. The second kappa shape index (κ2) is 4.09. The predicted octanol–water partition coefficient (Wildman–Crippen LogP) is 1.85. The first-order valence-corrected chi connectivity index (χ1v) is 4.81. The summed E-state index contributed by atoms with van der Waals surface area (Å²) in [6.45, 7) is 0. The van der Waals surface area contributed by atoms with Crippen LogP contribution in [0.1, 0.15) is 16.1 Å². The summed E-state index contributed by atoms with van der Waals surface area (Å²) in [5, 5.41) is 0. The highest BCUT2D eigenvalue weighted by molar-refractivity contribution is 5.95.